The number of pyridine rings is 1. The maximum Gasteiger partial charge on any atom is 0.155 e. The first kappa shape index (κ1) is 18.8. The minimum absolute atomic E-state index is 0.188. The molecule has 0 aliphatic carbocycles. The van der Waals surface area contributed by atoms with Crippen LogP contribution in [0, 0.1) is 5.82 Å². The molecule has 0 radical (unpaired) electrons. The van der Waals surface area contributed by atoms with Crippen molar-refractivity contribution in [1.29, 1.82) is 0 Å². The fourth-order valence-electron chi connectivity index (χ4n) is 3.01. The van der Waals surface area contributed by atoms with E-state index in [9.17, 15) is 12.8 Å². The Balaban J connectivity index is 1.53. The third kappa shape index (κ3) is 3.85. The summed E-state index contributed by atoms with van der Waals surface area (Å²) in [7, 11) is -1.44. The second kappa shape index (κ2) is 7.48. The van der Waals surface area contributed by atoms with Crippen LogP contribution in [0.3, 0.4) is 0 Å². The quantitative estimate of drug-likeness (QED) is 0.646. The molecule has 3 aromatic rings. The van der Waals surface area contributed by atoms with Crippen LogP contribution in [0.1, 0.15) is 0 Å². The fraction of sp³-hybridized carbons (Fsp3) is 0.263. The fourth-order valence-corrected chi connectivity index (χ4v) is 5.13. The molecule has 0 amide bonds. The van der Waals surface area contributed by atoms with Crippen molar-refractivity contribution >= 4 is 26.9 Å². The molecule has 4 rings (SSSR count). The zero-order valence-corrected chi connectivity index (χ0v) is 16.8. The van der Waals surface area contributed by atoms with Crippen LogP contribution < -0.4 is 9.64 Å². The van der Waals surface area contributed by atoms with Crippen LogP contribution in [0.2, 0.25) is 0 Å². The highest BCUT2D eigenvalue weighted by atomic mass is 32.2. The molecule has 146 valence electrons. The van der Waals surface area contributed by atoms with Crippen LogP contribution in [-0.2, 0) is 9.84 Å². The molecule has 0 atom stereocenters. The topological polar surface area (TPSA) is 72.4 Å². The molecule has 1 saturated heterocycles. The highest BCUT2D eigenvalue weighted by Crippen LogP contribution is 2.34. The number of anilines is 1. The van der Waals surface area contributed by atoms with Crippen molar-refractivity contribution in [2.24, 2.45) is 0 Å². The van der Waals surface area contributed by atoms with Crippen molar-refractivity contribution in [3.05, 3.63) is 48.5 Å². The van der Waals surface area contributed by atoms with Gasteiger partial charge in [-0.3, -0.25) is 0 Å². The number of rotatable bonds is 4. The summed E-state index contributed by atoms with van der Waals surface area (Å²) in [4.78, 5) is 11.4. The number of thiazole rings is 1. The summed E-state index contributed by atoms with van der Waals surface area (Å²) in [6.07, 6.45) is 3.17. The van der Waals surface area contributed by atoms with Gasteiger partial charge in [0.05, 0.1) is 29.7 Å². The summed E-state index contributed by atoms with van der Waals surface area (Å²) in [5.74, 6) is 0.260. The molecule has 9 heteroatoms. The van der Waals surface area contributed by atoms with Crippen LogP contribution in [-0.4, -0.2) is 50.1 Å². The molecular formula is C19H18FN3O3S2. The molecule has 2 aromatic heterocycles. The Hall–Kier alpha value is -2.52. The second-order valence-corrected chi connectivity index (χ2v) is 9.76. The van der Waals surface area contributed by atoms with Crippen molar-refractivity contribution in [3.63, 3.8) is 0 Å². The van der Waals surface area contributed by atoms with Gasteiger partial charge in [0.25, 0.3) is 0 Å². The monoisotopic (exact) mass is 419 g/mol. The highest BCUT2D eigenvalue weighted by Gasteiger charge is 2.21. The Morgan fingerprint density at radius 2 is 1.82 bits per heavy atom. The molecular weight excluding hydrogens is 401 g/mol. The van der Waals surface area contributed by atoms with E-state index in [1.165, 1.54) is 30.7 Å². The van der Waals surface area contributed by atoms with E-state index in [1.54, 1.807) is 6.20 Å². The molecule has 1 aliphatic heterocycles. The van der Waals surface area contributed by atoms with Crippen LogP contribution in [0.15, 0.2) is 42.7 Å². The Morgan fingerprint density at radius 1 is 1.11 bits per heavy atom. The van der Waals surface area contributed by atoms with E-state index in [4.69, 9.17) is 4.74 Å². The Morgan fingerprint density at radius 3 is 2.46 bits per heavy atom. The van der Waals surface area contributed by atoms with Gasteiger partial charge >= 0.3 is 0 Å². The summed E-state index contributed by atoms with van der Waals surface area (Å²) in [5, 5.41) is 0.500. The van der Waals surface area contributed by atoms with E-state index >= 15 is 0 Å². The third-order valence-electron chi connectivity index (χ3n) is 4.62. The minimum Gasteiger partial charge on any atom is -0.495 e. The maximum atomic E-state index is 14.2. The van der Waals surface area contributed by atoms with Gasteiger partial charge in [0.2, 0.25) is 0 Å². The smallest absolute Gasteiger partial charge is 0.155 e. The van der Waals surface area contributed by atoms with Gasteiger partial charge in [0, 0.05) is 31.0 Å². The summed E-state index contributed by atoms with van der Waals surface area (Å²) >= 11 is 1.36. The Bertz CT molecular complexity index is 1080. The van der Waals surface area contributed by atoms with E-state index < -0.39 is 15.7 Å². The lowest BCUT2D eigenvalue weighted by Gasteiger charge is -2.28. The first-order valence-corrected chi connectivity index (χ1v) is 11.3. The third-order valence-corrected chi connectivity index (χ3v) is 7.28. The average molecular weight is 420 g/mol. The van der Waals surface area contributed by atoms with E-state index in [1.807, 2.05) is 24.3 Å². The molecule has 0 saturated carbocycles. The van der Waals surface area contributed by atoms with Gasteiger partial charge in [-0.1, -0.05) is 12.1 Å². The van der Waals surface area contributed by atoms with E-state index in [2.05, 4.69) is 14.9 Å². The zero-order chi connectivity index (χ0) is 19.7. The number of nitrogens with zero attached hydrogens (tertiary/aromatic N) is 3. The average Bonchev–Trinajstić information content (AvgIpc) is 3.18. The van der Waals surface area contributed by atoms with Gasteiger partial charge in [0.1, 0.15) is 16.5 Å². The van der Waals surface area contributed by atoms with Gasteiger partial charge in [0.15, 0.2) is 15.7 Å². The maximum absolute atomic E-state index is 14.2. The summed E-state index contributed by atoms with van der Waals surface area (Å²) in [6, 6.07) is 9.16. The summed E-state index contributed by atoms with van der Waals surface area (Å²) in [6.45, 7) is 1.02. The van der Waals surface area contributed by atoms with E-state index in [0.29, 0.717) is 23.8 Å². The standard InChI is InChI=1S/C19H18FN3O3S2/c1-26-15-10-16(20)18(21-11-15)19-22-12-17(27-19)13-2-4-14(5-3-13)23-6-8-28(24,25)9-7-23/h2-5,10-12H,6-9H2,1H3. The summed E-state index contributed by atoms with van der Waals surface area (Å²) < 4.78 is 42.3. The van der Waals surface area contributed by atoms with Crippen molar-refractivity contribution in [2.45, 2.75) is 0 Å². The van der Waals surface area contributed by atoms with Gasteiger partial charge < -0.3 is 9.64 Å². The highest BCUT2D eigenvalue weighted by molar-refractivity contribution is 7.91. The lowest BCUT2D eigenvalue weighted by Crippen LogP contribution is -2.40. The van der Waals surface area contributed by atoms with Crippen LogP contribution in [0.5, 0.6) is 5.75 Å². The molecule has 1 aliphatic rings. The van der Waals surface area contributed by atoms with Crippen LogP contribution in [0.25, 0.3) is 21.1 Å². The van der Waals surface area contributed by atoms with Crippen molar-refractivity contribution in [2.75, 3.05) is 36.6 Å². The molecule has 0 unspecified atom stereocenters. The lowest BCUT2D eigenvalue weighted by molar-refractivity contribution is 0.409. The van der Waals surface area contributed by atoms with E-state index in [-0.39, 0.29) is 17.2 Å². The number of hydrogen-bond donors (Lipinski definition) is 0. The molecule has 3 heterocycles. The molecule has 0 N–H and O–H groups in total. The number of sulfone groups is 1. The number of benzene rings is 1. The second-order valence-electron chi connectivity index (χ2n) is 6.42. The van der Waals surface area contributed by atoms with Gasteiger partial charge in [-0.05, 0) is 17.7 Å². The number of ether oxygens (including phenoxy) is 1. The first-order chi connectivity index (χ1) is 13.4. The van der Waals surface area contributed by atoms with Crippen molar-refractivity contribution in [3.8, 4) is 26.9 Å². The predicted molar refractivity (Wildman–Crippen MR) is 108 cm³/mol. The van der Waals surface area contributed by atoms with Crippen LogP contribution in [0.4, 0.5) is 10.1 Å². The Labute approximate surface area is 166 Å². The SMILES string of the molecule is COc1cnc(-c2ncc(-c3ccc(N4CCS(=O)(=O)CC4)cc3)s2)c(F)c1. The molecule has 0 spiro atoms. The normalized spacial score (nSPS) is 16.1. The predicted octanol–water partition coefficient (Wildman–Crippen LogP) is 3.25. The Kier molecular flexibility index (Phi) is 5.03. The van der Waals surface area contributed by atoms with Gasteiger partial charge in [-0.25, -0.2) is 22.8 Å². The van der Waals surface area contributed by atoms with Crippen molar-refractivity contribution < 1.29 is 17.5 Å². The van der Waals surface area contributed by atoms with Crippen molar-refractivity contribution in [1.82, 2.24) is 9.97 Å². The minimum atomic E-state index is -2.90. The number of methoxy groups -OCH3 is 1. The molecule has 6 nitrogen and oxygen atoms in total. The number of aromatic nitrogens is 2. The zero-order valence-electron chi connectivity index (χ0n) is 15.1. The van der Waals surface area contributed by atoms with Gasteiger partial charge in [-0.15, -0.1) is 11.3 Å². The molecule has 1 fully saturated rings. The molecule has 28 heavy (non-hydrogen) atoms. The number of halogens is 1. The lowest BCUT2D eigenvalue weighted by atomic mass is 10.2. The molecule has 0 bridgehead atoms. The van der Waals surface area contributed by atoms with Crippen LogP contribution >= 0.6 is 11.3 Å². The largest absolute Gasteiger partial charge is 0.495 e. The first-order valence-electron chi connectivity index (χ1n) is 8.67. The summed E-state index contributed by atoms with van der Waals surface area (Å²) in [5.41, 5.74) is 2.15. The van der Waals surface area contributed by atoms with Gasteiger partial charge in [-0.2, -0.15) is 0 Å². The number of hydrogen-bond acceptors (Lipinski definition) is 7. The molecule has 1 aromatic carbocycles. The van der Waals surface area contributed by atoms with E-state index in [0.717, 1.165) is 16.1 Å².